The minimum atomic E-state index is -0.408. The van der Waals surface area contributed by atoms with E-state index in [2.05, 4.69) is 11.4 Å². The summed E-state index contributed by atoms with van der Waals surface area (Å²) in [5.74, 6) is 0.581. The predicted octanol–water partition coefficient (Wildman–Crippen LogP) is 3.72. The lowest BCUT2D eigenvalue weighted by atomic mass is 9.91. The first-order valence-electron chi connectivity index (χ1n) is 7.71. The maximum Gasteiger partial charge on any atom is 0.308 e. The summed E-state index contributed by atoms with van der Waals surface area (Å²) in [6.45, 7) is 3.33. The maximum atomic E-state index is 12.2. The number of rotatable bonds is 5. The number of hydrogen-bond acceptors (Lipinski definition) is 5. The molecule has 0 N–H and O–H groups in total. The van der Waals surface area contributed by atoms with Gasteiger partial charge >= 0.3 is 5.97 Å². The van der Waals surface area contributed by atoms with E-state index in [0.717, 1.165) is 5.56 Å². The van der Waals surface area contributed by atoms with E-state index in [4.69, 9.17) is 9.47 Å². The quantitative estimate of drug-likeness (QED) is 0.471. The van der Waals surface area contributed by atoms with Gasteiger partial charge in [-0.05, 0) is 47.0 Å². The van der Waals surface area contributed by atoms with Crippen molar-refractivity contribution in [2.24, 2.45) is 0 Å². The second-order valence-electron chi connectivity index (χ2n) is 5.76. The highest BCUT2D eigenvalue weighted by molar-refractivity contribution is 7.08. The molecule has 126 valence electrons. The summed E-state index contributed by atoms with van der Waals surface area (Å²) in [5.41, 5.74) is 2.07. The number of thiophene rings is 1. The van der Waals surface area contributed by atoms with Crippen LogP contribution >= 0.6 is 11.3 Å². The van der Waals surface area contributed by atoms with Crippen molar-refractivity contribution in [2.75, 3.05) is 7.11 Å². The Balaban J connectivity index is 1.87. The predicted molar refractivity (Wildman–Crippen MR) is 91.2 cm³/mol. The first kappa shape index (κ1) is 16.5. The van der Waals surface area contributed by atoms with Crippen LogP contribution in [0.4, 0.5) is 0 Å². The van der Waals surface area contributed by atoms with Gasteiger partial charge in [-0.2, -0.15) is 11.3 Å². The Morgan fingerprint density at radius 2 is 2.12 bits per heavy atom. The third kappa shape index (κ3) is 3.01. The van der Waals surface area contributed by atoms with Gasteiger partial charge in [-0.15, -0.1) is 0 Å². The van der Waals surface area contributed by atoms with Crippen LogP contribution in [0.5, 0.6) is 11.5 Å². The zero-order valence-corrected chi connectivity index (χ0v) is 14.6. The number of nitrogens with zero attached hydrogens (tertiary/aromatic N) is 1. The highest BCUT2D eigenvalue weighted by Crippen LogP contribution is 2.43. The van der Waals surface area contributed by atoms with Crippen LogP contribution in [-0.4, -0.2) is 23.9 Å². The number of methoxy groups -OCH3 is 1. The van der Waals surface area contributed by atoms with Crippen molar-refractivity contribution in [1.29, 1.82) is 0 Å². The molecule has 1 aliphatic rings. The second-order valence-corrected chi connectivity index (χ2v) is 6.54. The third-order valence-corrected chi connectivity index (χ3v) is 4.96. The molecule has 0 aliphatic carbocycles. The molecule has 2 unspecified atom stereocenters. The van der Waals surface area contributed by atoms with Gasteiger partial charge in [0.05, 0.1) is 25.6 Å². The Labute approximate surface area is 144 Å². The van der Waals surface area contributed by atoms with Gasteiger partial charge in [0, 0.05) is 6.92 Å². The van der Waals surface area contributed by atoms with E-state index in [-0.39, 0.29) is 18.0 Å². The van der Waals surface area contributed by atoms with Crippen LogP contribution in [0.1, 0.15) is 43.5 Å². The van der Waals surface area contributed by atoms with Gasteiger partial charge < -0.3 is 14.4 Å². The summed E-state index contributed by atoms with van der Waals surface area (Å²) in [6.07, 6.45) is 0.536. The summed E-state index contributed by atoms with van der Waals surface area (Å²) in [7, 11) is 1.52. The molecule has 0 radical (unpaired) electrons. The molecule has 2 atom stereocenters. The van der Waals surface area contributed by atoms with Crippen molar-refractivity contribution >= 4 is 23.2 Å². The summed E-state index contributed by atoms with van der Waals surface area (Å²) in [4.78, 5) is 25.3. The fourth-order valence-electron chi connectivity index (χ4n) is 3.01. The van der Waals surface area contributed by atoms with E-state index >= 15 is 0 Å². The number of likely N-dealkylation sites (tertiary alicyclic amines) is 1. The van der Waals surface area contributed by atoms with Crippen LogP contribution in [0, 0.1) is 0 Å². The molecule has 1 aliphatic heterocycles. The molecule has 1 saturated heterocycles. The van der Waals surface area contributed by atoms with E-state index in [1.54, 1.807) is 23.5 Å². The standard InChI is InChI=1S/C18H19NO4S/c1-11(19-15(9-18(19)21)14-6-7-24-10-14)13-4-5-16(22-3)17(8-13)23-12(2)20/h4-8,10-11,15H,9H2,1-3H3. The second kappa shape index (κ2) is 6.65. The molecule has 0 saturated carbocycles. The number of benzene rings is 1. The van der Waals surface area contributed by atoms with Crippen LogP contribution in [0.25, 0.3) is 0 Å². The molecule has 0 bridgehead atoms. The van der Waals surface area contributed by atoms with E-state index in [9.17, 15) is 9.59 Å². The van der Waals surface area contributed by atoms with Crippen molar-refractivity contribution in [1.82, 2.24) is 4.90 Å². The first-order chi connectivity index (χ1) is 11.5. The molecule has 1 aromatic heterocycles. The van der Waals surface area contributed by atoms with Gasteiger partial charge in [0.15, 0.2) is 11.5 Å². The van der Waals surface area contributed by atoms with E-state index in [0.29, 0.717) is 17.9 Å². The molecular weight excluding hydrogens is 326 g/mol. The summed E-state index contributed by atoms with van der Waals surface area (Å²) in [6, 6.07) is 7.47. The molecule has 3 rings (SSSR count). The molecule has 1 aromatic carbocycles. The fraction of sp³-hybridized carbons (Fsp3) is 0.333. The van der Waals surface area contributed by atoms with Gasteiger partial charge in [0.25, 0.3) is 0 Å². The Bertz CT molecular complexity index is 756. The van der Waals surface area contributed by atoms with Gasteiger partial charge in [-0.25, -0.2) is 0 Å². The number of ether oxygens (including phenoxy) is 2. The molecule has 2 heterocycles. The molecule has 6 heteroatoms. The van der Waals surface area contributed by atoms with E-state index < -0.39 is 5.97 Å². The molecular formula is C18H19NO4S. The zero-order valence-electron chi connectivity index (χ0n) is 13.8. The number of β-lactam (4-membered cyclic amide) rings is 1. The summed E-state index contributed by atoms with van der Waals surface area (Å²) < 4.78 is 10.4. The summed E-state index contributed by atoms with van der Waals surface area (Å²) in [5, 5.41) is 4.10. The normalized spacial score (nSPS) is 18.0. The zero-order chi connectivity index (χ0) is 17.3. The topological polar surface area (TPSA) is 55.8 Å². The van der Waals surface area contributed by atoms with Crippen molar-refractivity contribution < 1.29 is 19.1 Å². The van der Waals surface area contributed by atoms with E-state index in [1.165, 1.54) is 19.6 Å². The van der Waals surface area contributed by atoms with Crippen LogP contribution in [-0.2, 0) is 9.59 Å². The molecule has 24 heavy (non-hydrogen) atoms. The van der Waals surface area contributed by atoms with Crippen LogP contribution in [0.3, 0.4) is 0 Å². The lowest BCUT2D eigenvalue weighted by Gasteiger charge is -2.44. The molecule has 2 aromatic rings. The van der Waals surface area contributed by atoms with E-state index in [1.807, 2.05) is 23.3 Å². The van der Waals surface area contributed by atoms with Crippen molar-refractivity contribution in [3.63, 3.8) is 0 Å². The lowest BCUT2D eigenvalue weighted by molar-refractivity contribution is -0.150. The van der Waals surface area contributed by atoms with Crippen LogP contribution < -0.4 is 9.47 Å². The van der Waals surface area contributed by atoms with Gasteiger partial charge in [0.2, 0.25) is 5.91 Å². The lowest BCUT2D eigenvalue weighted by Crippen LogP contribution is -2.47. The minimum absolute atomic E-state index is 0.109. The molecule has 1 amide bonds. The Morgan fingerprint density at radius 3 is 2.71 bits per heavy atom. The number of esters is 1. The first-order valence-corrected chi connectivity index (χ1v) is 8.65. The van der Waals surface area contributed by atoms with Gasteiger partial charge in [-0.3, -0.25) is 9.59 Å². The molecule has 5 nitrogen and oxygen atoms in total. The van der Waals surface area contributed by atoms with Crippen molar-refractivity contribution in [3.05, 3.63) is 46.2 Å². The van der Waals surface area contributed by atoms with Crippen LogP contribution in [0.15, 0.2) is 35.0 Å². The molecule has 1 fully saturated rings. The highest BCUT2D eigenvalue weighted by atomic mass is 32.1. The highest BCUT2D eigenvalue weighted by Gasteiger charge is 2.40. The number of amides is 1. The minimum Gasteiger partial charge on any atom is -0.493 e. The Morgan fingerprint density at radius 1 is 1.33 bits per heavy atom. The van der Waals surface area contributed by atoms with Crippen molar-refractivity contribution in [3.8, 4) is 11.5 Å². The number of carbonyl (C=O) groups is 2. The largest absolute Gasteiger partial charge is 0.493 e. The smallest absolute Gasteiger partial charge is 0.308 e. The fourth-order valence-corrected chi connectivity index (χ4v) is 3.71. The Kier molecular flexibility index (Phi) is 4.57. The maximum absolute atomic E-state index is 12.2. The Hall–Kier alpha value is -2.34. The SMILES string of the molecule is COc1ccc(C(C)N2C(=O)CC2c2ccsc2)cc1OC(C)=O. The molecule has 0 spiro atoms. The van der Waals surface area contributed by atoms with Crippen LogP contribution in [0.2, 0.25) is 0 Å². The van der Waals surface area contributed by atoms with Crippen molar-refractivity contribution in [2.45, 2.75) is 32.4 Å². The average Bonchev–Trinajstić information content (AvgIpc) is 3.05. The number of hydrogen-bond donors (Lipinski definition) is 0. The number of carbonyl (C=O) groups excluding carboxylic acids is 2. The van der Waals surface area contributed by atoms with Gasteiger partial charge in [0.1, 0.15) is 0 Å². The third-order valence-electron chi connectivity index (χ3n) is 4.26. The average molecular weight is 345 g/mol. The van der Waals surface area contributed by atoms with Gasteiger partial charge in [-0.1, -0.05) is 6.07 Å². The monoisotopic (exact) mass is 345 g/mol. The summed E-state index contributed by atoms with van der Waals surface area (Å²) >= 11 is 1.63.